The predicted octanol–water partition coefficient (Wildman–Crippen LogP) is 3.56. The molecule has 1 aromatic carbocycles. The second-order valence-corrected chi connectivity index (χ2v) is 7.45. The van der Waals surface area contributed by atoms with Gasteiger partial charge in [0.15, 0.2) is 0 Å². The molecule has 5 nitrogen and oxygen atoms in total. The molecule has 0 aliphatic heterocycles. The summed E-state index contributed by atoms with van der Waals surface area (Å²) in [6, 6.07) is 7.60. The van der Waals surface area contributed by atoms with Gasteiger partial charge in [-0.2, -0.15) is 5.10 Å². The van der Waals surface area contributed by atoms with Crippen molar-refractivity contribution < 1.29 is 9.90 Å². The summed E-state index contributed by atoms with van der Waals surface area (Å²) in [6.45, 7) is 9.55. The first-order valence-electron chi connectivity index (χ1n) is 8.70. The van der Waals surface area contributed by atoms with Gasteiger partial charge >= 0.3 is 0 Å². The van der Waals surface area contributed by atoms with Crippen molar-refractivity contribution in [3.63, 3.8) is 0 Å². The van der Waals surface area contributed by atoms with Gasteiger partial charge in [-0.1, -0.05) is 12.1 Å². The van der Waals surface area contributed by atoms with Crippen molar-refractivity contribution in [2.45, 2.75) is 59.1 Å². The molecule has 2 N–H and O–H groups in total. The topological polar surface area (TPSA) is 69.2 Å². The van der Waals surface area contributed by atoms with E-state index >= 15 is 0 Å². The molecule has 0 aliphatic carbocycles. The van der Waals surface area contributed by atoms with E-state index in [2.05, 4.69) is 10.2 Å². The number of H-pyrrole nitrogens is 1. The van der Waals surface area contributed by atoms with Crippen LogP contribution in [0.4, 0.5) is 0 Å². The van der Waals surface area contributed by atoms with E-state index in [9.17, 15) is 9.90 Å². The fourth-order valence-corrected chi connectivity index (χ4v) is 3.01. The number of carbonyl (C=O) groups is 1. The summed E-state index contributed by atoms with van der Waals surface area (Å²) in [5, 5.41) is 17.0. The Labute approximate surface area is 150 Å². The zero-order valence-corrected chi connectivity index (χ0v) is 16.1. The van der Waals surface area contributed by atoms with Crippen molar-refractivity contribution in [3.8, 4) is 0 Å². The third kappa shape index (κ3) is 4.69. The van der Waals surface area contributed by atoms with E-state index in [-0.39, 0.29) is 11.9 Å². The highest BCUT2D eigenvalue weighted by Gasteiger charge is 2.23. The Morgan fingerprint density at radius 1 is 1.28 bits per heavy atom. The van der Waals surface area contributed by atoms with Crippen LogP contribution in [0.1, 0.15) is 66.1 Å². The molecule has 1 aromatic heterocycles. The first-order valence-corrected chi connectivity index (χ1v) is 8.70. The van der Waals surface area contributed by atoms with Gasteiger partial charge in [-0.15, -0.1) is 0 Å². The Hall–Kier alpha value is -2.14. The lowest BCUT2D eigenvalue weighted by atomic mass is 9.98. The summed E-state index contributed by atoms with van der Waals surface area (Å²) >= 11 is 0. The molecule has 0 bridgehead atoms. The van der Waals surface area contributed by atoms with Crippen LogP contribution in [-0.2, 0) is 6.42 Å². The molecule has 2 aromatic rings. The van der Waals surface area contributed by atoms with Crippen molar-refractivity contribution in [2.75, 3.05) is 7.05 Å². The van der Waals surface area contributed by atoms with Crippen LogP contribution in [0.15, 0.2) is 24.3 Å². The number of benzene rings is 1. The maximum atomic E-state index is 12.8. The van der Waals surface area contributed by atoms with Crippen molar-refractivity contribution in [1.82, 2.24) is 15.1 Å². The SMILES string of the molecule is Cc1n[nH]c(C)c1[C@@H](C)N(C)C(=O)c1ccc(CCC(C)(C)O)cc1. The van der Waals surface area contributed by atoms with Gasteiger partial charge in [-0.05, 0) is 65.2 Å². The quantitative estimate of drug-likeness (QED) is 0.842. The summed E-state index contributed by atoms with van der Waals surface area (Å²) in [4.78, 5) is 14.5. The van der Waals surface area contributed by atoms with Crippen molar-refractivity contribution in [2.24, 2.45) is 0 Å². The minimum atomic E-state index is -0.676. The zero-order chi connectivity index (χ0) is 18.8. The number of aromatic amines is 1. The number of aryl methyl sites for hydroxylation is 3. The molecule has 1 amide bonds. The number of rotatable bonds is 6. The Morgan fingerprint density at radius 2 is 1.88 bits per heavy atom. The molecule has 0 saturated carbocycles. The van der Waals surface area contributed by atoms with Gasteiger partial charge in [-0.3, -0.25) is 9.89 Å². The summed E-state index contributed by atoms with van der Waals surface area (Å²) < 4.78 is 0. The number of nitrogens with one attached hydrogen (secondary N) is 1. The molecule has 0 saturated heterocycles. The second kappa shape index (κ2) is 7.40. The van der Waals surface area contributed by atoms with Crippen LogP contribution in [0.3, 0.4) is 0 Å². The molecular formula is C20H29N3O2. The monoisotopic (exact) mass is 343 g/mol. The molecule has 1 atom stereocenters. The first-order chi connectivity index (χ1) is 11.6. The number of hydrogen-bond acceptors (Lipinski definition) is 3. The molecule has 2 rings (SSSR count). The number of amides is 1. The normalized spacial score (nSPS) is 12.9. The lowest BCUT2D eigenvalue weighted by molar-refractivity contribution is 0.0711. The largest absolute Gasteiger partial charge is 0.390 e. The van der Waals surface area contributed by atoms with Crippen molar-refractivity contribution in [3.05, 3.63) is 52.3 Å². The van der Waals surface area contributed by atoms with Crippen LogP contribution in [-0.4, -0.2) is 38.8 Å². The lowest BCUT2D eigenvalue weighted by Crippen LogP contribution is -2.30. The van der Waals surface area contributed by atoms with Crippen LogP contribution in [0, 0.1) is 13.8 Å². The Morgan fingerprint density at radius 3 is 2.36 bits per heavy atom. The molecule has 25 heavy (non-hydrogen) atoms. The fraction of sp³-hybridized carbons (Fsp3) is 0.500. The second-order valence-electron chi connectivity index (χ2n) is 7.45. The smallest absolute Gasteiger partial charge is 0.254 e. The number of hydrogen-bond donors (Lipinski definition) is 2. The highest BCUT2D eigenvalue weighted by Crippen LogP contribution is 2.25. The van der Waals surface area contributed by atoms with E-state index in [1.54, 1.807) is 18.7 Å². The standard InChI is InChI=1S/C20H29N3O2/c1-13-18(14(2)22-21-13)15(3)23(6)19(24)17-9-7-16(8-10-17)11-12-20(4,5)25/h7-10,15,25H,11-12H2,1-6H3,(H,21,22)/t15-/m1/s1. The molecule has 0 fully saturated rings. The minimum absolute atomic E-state index is 0.0125. The van der Waals surface area contributed by atoms with Crippen LogP contribution in [0.25, 0.3) is 0 Å². The Kier molecular flexibility index (Phi) is 5.68. The first kappa shape index (κ1) is 19.2. The van der Waals surface area contributed by atoms with E-state index in [4.69, 9.17) is 0 Å². The molecule has 0 spiro atoms. The third-order valence-electron chi connectivity index (χ3n) is 4.73. The average Bonchev–Trinajstić information content (AvgIpc) is 2.89. The molecule has 0 aliphatic rings. The van der Waals surface area contributed by atoms with E-state index < -0.39 is 5.60 Å². The zero-order valence-electron chi connectivity index (χ0n) is 16.1. The van der Waals surface area contributed by atoms with Gasteiger partial charge in [0.25, 0.3) is 5.91 Å². The number of aliphatic hydroxyl groups is 1. The third-order valence-corrected chi connectivity index (χ3v) is 4.73. The number of aromatic nitrogens is 2. The molecule has 0 unspecified atom stereocenters. The van der Waals surface area contributed by atoms with E-state index in [0.29, 0.717) is 12.0 Å². The van der Waals surface area contributed by atoms with Crippen molar-refractivity contribution >= 4 is 5.91 Å². The van der Waals surface area contributed by atoms with Crippen LogP contribution < -0.4 is 0 Å². The van der Waals surface area contributed by atoms with Gasteiger partial charge in [0, 0.05) is 23.9 Å². The predicted molar refractivity (Wildman–Crippen MR) is 99.6 cm³/mol. The minimum Gasteiger partial charge on any atom is -0.390 e. The summed E-state index contributed by atoms with van der Waals surface area (Å²) in [5.41, 5.74) is 4.09. The van der Waals surface area contributed by atoms with Gasteiger partial charge < -0.3 is 10.0 Å². The summed E-state index contributed by atoms with van der Waals surface area (Å²) in [6.07, 6.45) is 1.48. The molecule has 0 radical (unpaired) electrons. The average molecular weight is 343 g/mol. The molecule has 136 valence electrons. The number of nitrogens with zero attached hydrogens (tertiary/aromatic N) is 2. The molecular weight excluding hydrogens is 314 g/mol. The highest BCUT2D eigenvalue weighted by atomic mass is 16.3. The Balaban J connectivity index is 2.09. The maximum Gasteiger partial charge on any atom is 0.254 e. The lowest BCUT2D eigenvalue weighted by Gasteiger charge is -2.25. The van der Waals surface area contributed by atoms with Gasteiger partial charge in [0.05, 0.1) is 17.3 Å². The van der Waals surface area contributed by atoms with Crippen LogP contribution in [0.2, 0.25) is 0 Å². The molecule has 5 heteroatoms. The maximum absolute atomic E-state index is 12.8. The highest BCUT2D eigenvalue weighted by molar-refractivity contribution is 5.94. The fourth-order valence-electron chi connectivity index (χ4n) is 3.01. The van der Waals surface area contributed by atoms with Gasteiger partial charge in [0.1, 0.15) is 0 Å². The van der Waals surface area contributed by atoms with Gasteiger partial charge in [-0.25, -0.2) is 0 Å². The van der Waals surface area contributed by atoms with Gasteiger partial charge in [0.2, 0.25) is 0 Å². The van der Waals surface area contributed by atoms with Crippen LogP contribution in [0.5, 0.6) is 0 Å². The van der Waals surface area contributed by atoms with Crippen LogP contribution >= 0.6 is 0 Å². The van der Waals surface area contributed by atoms with E-state index in [1.807, 2.05) is 52.1 Å². The number of carbonyl (C=O) groups excluding carboxylic acids is 1. The Bertz CT molecular complexity index is 707. The van der Waals surface area contributed by atoms with E-state index in [0.717, 1.165) is 28.9 Å². The van der Waals surface area contributed by atoms with Crippen molar-refractivity contribution in [1.29, 1.82) is 0 Å². The van der Waals surface area contributed by atoms with E-state index in [1.165, 1.54) is 0 Å². The molecule has 1 heterocycles. The summed E-state index contributed by atoms with van der Waals surface area (Å²) in [5.74, 6) is -0.0125. The summed E-state index contributed by atoms with van der Waals surface area (Å²) in [7, 11) is 1.82.